The number of para-hydroxylation sites is 2. The van der Waals surface area contributed by atoms with Crippen molar-refractivity contribution in [1.82, 2.24) is 14.1 Å². The van der Waals surface area contributed by atoms with Gasteiger partial charge in [0.1, 0.15) is 0 Å². The average Bonchev–Trinajstić information content (AvgIpc) is 3.40. The van der Waals surface area contributed by atoms with Crippen molar-refractivity contribution < 1.29 is 24.1 Å². The summed E-state index contributed by atoms with van der Waals surface area (Å²) in [5, 5.41) is 0. The van der Waals surface area contributed by atoms with E-state index in [2.05, 4.69) is 188 Å². The van der Waals surface area contributed by atoms with Gasteiger partial charge in [-0.3, -0.25) is 0 Å². The molecular formula is C45H48N4OPt. The van der Waals surface area contributed by atoms with Gasteiger partial charge in [-0.05, 0) is 44.4 Å². The predicted octanol–water partition coefficient (Wildman–Crippen LogP) is 11.5. The van der Waals surface area contributed by atoms with Crippen LogP contribution in [0.1, 0.15) is 90.1 Å². The number of rotatable bonds is 4. The van der Waals surface area contributed by atoms with Gasteiger partial charge in [0.25, 0.3) is 0 Å². The Labute approximate surface area is 313 Å². The molecule has 3 heterocycles. The van der Waals surface area contributed by atoms with Gasteiger partial charge in [-0.2, -0.15) is 0 Å². The average molecular weight is 856 g/mol. The number of aryl methyl sites for hydroxylation is 1. The predicted molar refractivity (Wildman–Crippen MR) is 206 cm³/mol. The number of hydrogen-bond acceptors (Lipinski definition) is 3. The first kappa shape index (κ1) is 33.9. The van der Waals surface area contributed by atoms with E-state index in [0.29, 0.717) is 0 Å². The van der Waals surface area contributed by atoms with E-state index in [1.54, 1.807) is 0 Å². The molecule has 6 heteroatoms. The van der Waals surface area contributed by atoms with Gasteiger partial charge in [0.2, 0.25) is 0 Å². The fourth-order valence-electron chi connectivity index (χ4n) is 8.56. The van der Waals surface area contributed by atoms with Gasteiger partial charge in [0.05, 0.1) is 0 Å². The second-order valence-electron chi connectivity index (χ2n) is 17.0. The van der Waals surface area contributed by atoms with Crippen LogP contribution in [0.4, 0.5) is 17.2 Å². The summed E-state index contributed by atoms with van der Waals surface area (Å²) < 4.78 is 12.3. The van der Waals surface area contributed by atoms with E-state index in [0.717, 1.165) is 44.4 Å². The van der Waals surface area contributed by atoms with E-state index in [4.69, 9.17) is 9.72 Å². The number of anilines is 3. The van der Waals surface area contributed by atoms with Gasteiger partial charge in [-0.25, -0.2) is 0 Å². The van der Waals surface area contributed by atoms with Crippen molar-refractivity contribution >= 4 is 28.2 Å². The molecule has 2 aromatic heterocycles. The summed E-state index contributed by atoms with van der Waals surface area (Å²) in [6.45, 7) is 21.4. The van der Waals surface area contributed by atoms with Gasteiger partial charge in [0, 0.05) is 6.20 Å². The van der Waals surface area contributed by atoms with Gasteiger partial charge in [0.15, 0.2) is 0 Å². The molecule has 4 aromatic carbocycles. The fourth-order valence-corrected chi connectivity index (χ4v) is 9.40. The quantitative estimate of drug-likeness (QED) is 0.177. The third-order valence-corrected chi connectivity index (χ3v) is 14.0. The molecule has 0 fully saturated rings. The zero-order valence-corrected chi connectivity index (χ0v) is 33.7. The molecule has 0 saturated carbocycles. The third kappa shape index (κ3) is 4.98. The van der Waals surface area contributed by atoms with Crippen LogP contribution in [-0.4, -0.2) is 14.1 Å². The summed E-state index contributed by atoms with van der Waals surface area (Å²) in [5.74, 6) is 2.52. The van der Waals surface area contributed by atoms with Crippen molar-refractivity contribution in [2.24, 2.45) is 12.5 Å². The van der Waals surface area contributed by atoms with E-state index < -0.39 is 0 Å². The van der Waals surface area contributed by atoms with Gasteiger partial charge < -0.3 is 0 Å². The van der Waals surface area contributed by atoms with Gasteiger partial charge in [-0.15, -0.1) is 0 Å². The Morgan fingerprint density at radius 3 is 2.22 bits per heavy atom. The molecular weight excluding hydrogens is 808 g/mol. The summed E-state index contributed by atoms with van der Waals surface area (Å²) in [7, 11) is 2.11. The Morgan fingerprint density at radius 2 is 1.47 bits per heavy atom. The molecule has 8 rings (SSSR count). The normalized spacial score (nSPS) is 16.9. The van der Waals surface area contributed by atoms with Gasteiger partial charge >= 0.3 is 196 Å². The third-order valence-electron chi connectivity index (χ3n) is 12.7. The first-order valence-corrected chi connectivity index (χ1v) is 19.1. The minimum atomic E-state index is -0.0188. The number of pyridine rings is 1. The summed E-state index contributed by atoms with van der Waals surface area (Å²) in [6, 6.07) is 32.7. The molecule has 1 aliphatic carbocycles. The first-order chi connectivity index (χ1) is 24.0. The maximum atomic E-state index is 6.71. The Balaban J connectivity index is 1.26. The van der Waals surface area contributed by atoms with Crippen molar-refractivity contribution in [3.8, 4) is 17.2 Å². The number of hydrogen-bond donors (Lipinski definition) is 0. The van der Waals surface area contributed by atoms with Crippen LogP contribution in [0, 0.1) is 9.22 Å². The van der Waals surface area contributed by atoms with Crippen LogP contribution in [0.5, 0.6) is 11.5 Å². The van der Waals surface area contributed by atoms with E-state index in [-0.39, 0.29) is 21.7 Å². The molecule has 0 atom stereocenters. The van der Waals surface area contributed by atoms with E-state index in [9.17, 15) is 0 Å². The number of fused-ring (bicyclic) bond motifs is 5. The molecule has 2 aliphatic rings. The maximum absolute atomic E-state index is 6.71. The van der Waals surface area contributed by atoms with Crippen LogP contribution < -0.4 is 9.64 Å². The summed E-state index contributed by atoms with van der Waals surface area (Å²) >= 11 is 2.41. The molecule has 6 aromatic rings. The van der Waals surface area contributed by atoms with Crippen LogP contribution >= 0.6 is 0 Å². The second-order valence-corrected chi connectivity index (χ2v) is 18.1. The molecule has 0 bridgehead atoms. The monoisotopic (exact) mass is 855 g/mol. The van der Waals surface area contributed by atoms with Crippen molar-refractivity contribution in [1.29, 1.82) is 0 Å². The molecule has 0 unspecified atom stereocenters. The van der Waals surface area contributed by atoms with Gasteiger partial charge in [-0.1, -0.05) is 68.4 Å². The second kappa shape index (κ2) is 11.4. The number of imidazole rings is 1. The number of benzene rings is 4. The number of nitrogens with zero attached hydrogens (tertiary/aromatic N) is 4. The Kier molecular flexibility index (Phi) is 7.57. The zero-order valence-electron chi connectivity index (χ0n) is 31.5. The van der Waals surface area contributed by atoms with E-state index in [1.165, 1.54) is 39.0 Å². The molecule has 0 N–H and O–H groups in total. The Bertz CT molecular complexity index is 2440. The molecule has 264 valence electrons. The van der Waals surface area contributed by atoms with Crippen molar-refractivity contribution in [3.63, 3.8) is 0 Å². The molecule has 0 radical (unpaired) electrons. The van der Waals surface area contributed by atoms with Crippen LogP contribution in [0.3, 0.4) is 0 Å². The molecule has 0 saturated heterocycles. The van der Waals surface area contributed by atoms with Crippen molar-refractivity contribution in [3.05, 3.63) is 129 Å². The Morgan fingerprint density at radius 1 is 0.745 bits per heavy atom. The van der Waals surface area contributed by atoms with Crippen LogP contribution in [0.25, 0.3) is 16.7 Å². The topological polar surface area (TPSA) is 35.2 Å². The van der Waals surface area contributed by atoms with E-state index in [1.807, 2.05) is 12.3 Å². The fraction of sp³-hybridized carbons (Fsp3) is 0.333. The molecule has 51 heavy (non-hydrogen) atoms. The summed E-state index contributed by atoms with van der Waals surface area (Å²) in [4.78, 5) is 7.42. The van der Waals surface area contributed by atoms with Crippen molar-refractivity contribution in [2.45, 2.75) is 85.0 Å². The Hall–Kier alpha value is -4.21. The number of aromatic nitrogens is 3. The number of ether oxygens (including phenoxy) is 1. The van der Waals surface area contributed by atoms with E-state index >= 15 is 0 Å². The SMILES string of the molecule is Cn1[c](=[Pt])n(-c2cccc(Oc3ccc4c(c3)N(c3cc(C(C)(C)C)ccn3)c3ccc5c(c3C4)C(C)(C)C(C)(C)C5(C)C)c2)c2ccccc21. The molecule has 0 spiro atoms. The van der Waals surface area contributed by atoms with Crippen molar-refractivity contribution in [2.75, 3.05) is 4.90 Å². The minimum absolute atomic E-state index is 0.0109. The molecule has 5 nitrogen and oxygen atoms in total. The van der Waals surface area contributed by atoms with Crippen LogP contribution in [0.2, 0.25) is 0 Å². The molecule has 0 amide bonds. The standard InChI is InChI=1S/C45H48N4O.Pt/c1-42(2,3)30-22-23-46-40(25-30)49-36-21-20-35-41(44(6,7)45(8,9)43(35,4)5)34(36)24-29-18-19-33(27-39(29)49)50-32-15-13-14-31(26-32)48-28-47(10)37-16-11-12-17-38(37)48;/h11-23,25-27H,24H2,1-10H3;. The summed E-state index contributed by atoms with van der Waals surface area (Å²) in [6.07, 6.45) is 2.83. The zero-order chi connectivity index (χ0) is 36.2. The first-order valence-electron chi connectivity index (χ1n) is 18.0. The molecule has 1 aliphatic heterocycles. The van der Waals surface area contributed by atoms with Crippen LogP contribution in [-0.2, 0) is 49.1 Å². The van der Waals surface area contributed by atoms with Crippen LogP contribution in [0.15, 0.2) is 97.2 Å². The summed E-state index contributed by atoms with van der Waals surface area (Å²) in [5.41, 5.74) is 12.7.